The Balaban J connectivity index is 1.60. The van der Waals surface area contributed by atoms with Crippen LogP contribution in [-0.2, 0) is 11.2 Å². The van der Waals surface area contributed by atoms with Gasteiger partial charge in [0.1, 0.15) is 5.75 Å². The lowest BCUT2D eigenvalue weighted by Gasteiger charge is -2.17. The molecule has 1 amide bonds. The summed E-state index contributed by atoms with van der Waals surface area (Å²) in [6.45, 7) is 2.54. The van der Waals surface area contributed by atoms with E-state index in [1.165, 1.54) is 5.56 Å². The molecule has 0 saturated heterocycles. The van der Waals surface area contributed by atoms with Crippen LogP contribution in [0.3, 0.4) is 0 Å². The minimum atomic E-state index is 0.0396. The first-order valence-electron chi connectivity index (χ1n) is 10.5. The summed E-state index contributed by atoms with van der Waals surface area (Å²) >= 11 is 0. The van der Waals surface area contributed by atoms with Gasteiger partial charge in [0.05, 0.1) is 21.3 Å². The van der Waals surface area contributed by atoms with Crippen molar-refractivity contribution in [1.82, 2.24) is 10.2 Å². The summed E-state index contributed by atoms with van der Waals surface area (Å²) in [7, 11) is 7.03. The van der Waals surface area contributed by atoms with Crippen LogP contribution in [0.15, 0.2) is 48.5 Å². The molecule has 168 valence electrons. The predicted octanol–water partition coefficient (Wildman–Crippen LogP) is 3.80. The summed E-state index contributed by atoms with van der Waals surface area (Å²) in [6, 6.07) is 13.8. The highest BCUT2D eigenvalue weighted by atomic mass is 16.5. The van der Waals surface area contributed by atoms with Crippen LogP contribution in [0.1, 0.15) is 24.0 Å². The van der Waals surface area contributed by atoms with Gasteiger partial charge in [-0.05, 0) is 61.8 Å². The molecule has 0 aliphatic heterocycles. The maximum absolute atomic E-state index is 12.0. The van der Waals surface area contributed by atoms with Crippen LogP contribution in [0.25, 0.3) is 6.08 Å². The van der Waals surface area contributed by atoms with Crippen molar-refractivity contribution in [3.8, 4) is 17.2 Å². The Morgan fingerprint density at radius 1 is 0.968 bits per heavy atom. The zero-order valence-electron chi connectivity index (χ0n) is 19.0. The number of amides is 1. The van der Waals surface area contributed by atoms with E-state index in [1.807, 2.05) is 48.6 Å². The van der Waals surface area contributed by atoms with Gasteiger partial charge in [-0.15, -0.1) is 0 Å². The fraction of sp³-hybridized carbons (Fsp3) is 0.400. The first kappa shape index (κ1) is 24.3. The molecule has 0 spiro atoms. The molecule has 0 aliphatic rings. The number of carbonyl (C=O) groups is 1. The van der Waals surface area contributed by atoms with Gasteiger partial charge in [0, 0.05) is 19.5 Å². The molecule has 0 saturated carbocycles. The second kappa shape index (κ2) is 13.3. The molecule has 2 rings (SSSR count). The fourth-order valence-electron chi connectivity index (χ4n) is 3.13. The summed E-state index contributed by atoms with van der Waals surface area (Å²) in [4.78, 5) is 14.3. The molecule has 31 heavy (non-hydrogen) atoms. The number of nitrogens with zero attached hydrogens (tertiary/aromatic N) is 1. The summed E-state index contributed by atoms with van der Waals surface area (Å²) in [5, 5.41) is 2.98. The van der Waals surface area contributed by atoms with Crippen molar-refractivity contribution >= 4 is 12.0 Å². The van der Waals surface area contributed by atoms with Crippen LogP contribution in [0, 0.1) is 0 Å². The van der Waals surface area contributed by atoms with Crippen molar-refractivity contribution < 1.29 is 19.0 Å². The zero-order chi connectivity index (χ0) is 22.5. The molecular weight excluding hydrogens is 392 g/mol. The van der Waals surface area contributed by atoms with Crippen LogP contribution in [-0.4, -0.2) is 58.8 Å². The standard InChI is InChI=1S/C25H34N2O4/c1-27(18-15-21-11-14-23(30-3)24(19-21)31-4)17-6-16-26-25(28)8-5-7-20-9-12-22(29-2)13-10-20/h5,7,9-14,19H,6,8,15-18H2,1-4H3,(H,26,28)/b7-5+. The van der Waals surface area contributed by atoms with Crippen molar-refractivity contribution in [3.63, 3.8) is 0 Å². The SMILES string of the molecule is COc1ccc(/C=C/CC(=O)NCCCN(C)CCc2ccc(OC)c(OC)c2)cc1. The lowest BCUT2D eigenvalue weighted by atomic mass is 10.1. The molecule has 0 aromatic heterocycles. The van der Waals surface area contributed by atoms with Crippen molar-refractivity contribution in [3.05, 3.63) is 59.7 Å². The second-order valence-corrected chi connectivity index (χ2v) is 7.33. The molecule has 0 aliphatic carbocycles. The van der Waals surface area contributed by atoms with E-state index < -0.39 is 0 Å². The Morgan fingerprint density at radius 3 is 2.39 bits per heavy atom. The van der Waals surface area contributed by atoms with E-state index >= 15 is 0 Å². The number of hydrogen-bond donors (Lipinski definition) is 1. The number of benzene rings is 2. The van der Waals surface area contributed by atoms with E-state index in [1.54, 1.807) is 21.3 Å². The van der Waals surface area contributed by atoms with E-state index in [4.69, 9.17) is 14.2 Å². The van der Waals surface area contributed by atoms with Crippen molar-refractivity contribution in [2.24, 2.45) is 0 Å². The molecular formula is C25H34N2O4. The Hall–Kier alpha value is -2.99. The number of likely N-dealkylation sites (N-methyl/N-ethyl adjacent to an activating group) is 1. The van der Waals surface area contributed by atoms with E-state index in [-0.39, 0.29) is 5.91 Å². The number of carbonyl (C=O) groups excluding carboxylic acids is 1. The van der Waals surface area contributed by atoms with Gasteiger partial charge in [0.2, 0.25) is 5.91 Å². The van der Waals surface area contributed by atoms with Crippen LogP contribution in [0.4, 0.5) is 0 Å². The van der Waals surface area contributed by atoms with Gasteiger partial charge < -0.3 is 24.4 Å². The lowest BCUT2D eigenvalue weighted by Crippen LogP contribution is -2.28. The molecule has 0 heterocycles. The van der Waals surface area contributed by atoms with E-state index in [0.717, 1.165) is 48.7 Å². The highest BCUT2D eigenvalue weighted by molar-refractivity contribution is 5.78. The molecule has 2 aromatic rings. The molecule has 0 bridgehead atoms. The van der Waals surface area contributed by atoms with Crippen molar-refractivity contribution in [2.75, 3.05) is 48.0 Å². The summed E-state index contributed by atoms with van der Waals surface area (Å²) < 4.78 is 15.8. The molecule has 2 aromatic carbocycles. The number of methoxy groups -OCH3 is 3. The third kappa shape index (κ3) is 8.72. The smallest absolute Gasteiger partial charge is 0.223 e. The lowest BCUT2D eigenvalue weighted by molar-refractivity contribution is -0.120. The highest BCUT2D eigenvalue weighted by Gasteiger charge is 2.06. The van der Waals surface area contributed by atoms with E-state index in [2.05, 4.69) is 23.3 Å². The van der Waals surface area contributed by atoms with Crippen LogP contribution in [0.2, 0.25) is 0 Å². The maximum atomic E-state index is 12.0. The molecule has 0 atom stereocenters. The van der Waals surface area contributed by atoms with Crippen molar-refractivity contribution in [2.45, 2.75) is 19.3 Å². The van der Waals surface area contributed by atoms with Gasteiger partial charge in [-0.25, -0.2) is 0 Å². The Morgan fingerprint density at radius 2 is 1.71 bits per heavy atom. The van der Waals surface area contributed by atoms with Crippen LogP contribution < -0.4 is 19.5 Å². The molecule has 1 N–H and O–H groups in total. The molecule has 0 radical (unpaired) electrons. The van der Waals surface area contributed by atoms with Gasteiger partial charge in [0.25, 0.3) is 0 Å². The number of ether oxygens (including phenoxy) is 3. The molecule has 6 nitrogen and oxygen atoms in total. The Labute approximate surface area is 185 Å². The largest absolute Gasteiger partial charge is 0.497 e. The van der Waals surface area contributed by atoms with Crippen LogP contribution >= 0.6 is 0 Å². The monoisotopic (exact) mass is 426 g/mol. The van der Waals surface area contributed by atoms with Gasteiger partial charge in [-0.1, -0.05) is 30.4 Å². The summed E-state index contributed by atoms with van der Waals surface area (Å²) in [5.41, 5.74) is 2.26. The van der Waals surface area contributed by atoms with Gasteiger partial charge >= 0.3 is 0 Å². The minimum absolute atomic E-state index is 0.0396. The summed E-state index contributed by atoms with van der Waals surface area (Å²) in [5.74, 6) is 2.36. The minimum Gasteiger partial charge on any atom is -0.497 e. The quantitative estimate of drug-likeness (QED) is 0.494. The first-order chi connectivity index (χ1) is 15.0. The molecule has 6 heteroatoms. The number of hydrogen-bond acceptors (Lipinski definition) is 5. The topological polar surface area (TPSA) is 60.0 Å². The Kier molecular flexibility index (Phi) is 10.4. The zero-order valence-corrected chi connectivity index (χ0v) is 19.0. The number of rotatable bonds is 13. The fourth-order valence-corrected chi connectivity index (χ4v) is 3.13. The van der Waals surface area contributed by atoms with E-state index in [0.29, 0.717) is 13.0 Å². The van der Waals surface area contributed by atoms with E-state index in [9.17, 15) is 4.79 Å². The highest BCUT2D eigenvalue weighted by Crippen LogP contribution is 2.27. The number of nitrogens with one attached hydrogen (secondary N) is 1. The third-order valence-electron chi connectivity index (χ3n) is 5.00. The average Bonchev–Trinajstić information content (AvgIpc) is 2.80. The van der Waals surface area contributed by atoms with Gasteiger partial charge in [-0.2, -0.15) is 0 Å². The van der Waals surface area contributed by atoms with Crippen molar-refractivity contribution in [1.29, 1.82) is 0 Å². The van der Waals surface area contributed by atoms with Gasteiger partial charge in [0.15, 0.2) is 11.5 Å². The normalized spacial score (nSPS) is 11.0. The first-order valence-corrected chi connectivity index (χ1v) is 10.5. The third-order valence-corrected chi connectivity index (χ3v) is 5.00. The average molecular weight is 427 g/mol. The second-order valence-electron chi connectivity index (χ2n) is 7.33. The Bertz CT molecular complexity index is 834. The maximum Gasteiger partial charge on any atom is 0.223 e. The van der Waals surface area contributed by atoms with Gasteiger partial charge in [-0.3, -0.25) is 4.79 Å². The molecule has 0 fully saturated rings. The van der Waals surface area contributed by atoms with Crippen LogP contribution in [0.5, 0.6) is 17.2 Å². The predicted molar refractivity (Wildman–Crippen MR) is 125 cm³/mol. The molecule has 0 unspecified atom stereocenters. The summed E-state index contributed by atoms with van der Waals surface area (Å²) in [6.07, 6.45) is 6.05.